The molecular weight excluding hydrogens is 298 g/mol. The van der Waals surface area contributed by atoms with Crippen molar-refractivity contribution in [1.29, 1.82) is 0 Å². The first-order valence-electron chi connectivity index (χ1n) is 6.12. The number of amides is 4. The monoisotopic (exact) mass is 311 g/mol. The Morgan fingerprint density at radius 1 is 1.38 bits per heavy atom. The van der Waals surface area contributed by atoms with Crippen LogP contribution in [-0.2, 0) is 4.79 Å². The predicted molar refractivity (Wildman–Crippen MR) is 74.9 cm³/mol. The van der Waals surface area contributed by atoms with Crippen molar-refractivity contribution in [1.82, 2.24) is 15.3 Å². The number of carbonyl (C=O) groups is 3. The van der Waals surface area contributed by atoms with E-state index in [1.807, 2.05) is 0 Å². The van der Waals surface area contributed by atoms with Gasteiger partial charge in [0, 0.05) is 12.1 Å². The van der Waals surface area contributed by atoms with Crippen molar-refractivity contribution < 1.29 is 19.1 Å². The van der Waals surface area contributed by atoms with Gasteiger partial charge in [-0.05, 0) is 25.1 Å². The van der Waals surface area contributed by atoms with E-state index in [2.05, 4.69) is 5.43 Å². The molecule has 1 fully saturated rings. The molecule has 1 heterocycles. The average Bonchev–Trinajstić information content (AvgIpc) is 2.65. The molecule has 0 spiro atoms. The summed E-state index contributed by atoms with van der Waals surface area (Å²) in [6, 6.07) is 3.27. The first-order valence-corrected chi connectivity index (χ1v) is 6.50. The van der Waals surface area contributed by atoms with Crippen molar-refractivity contribution in [3.8, 4) is 5.75 Å². The summed E-state index contributed by atoms with van der Waals surface area (Å²) in [6.07, 6.45) is 0. The van der Waals surface area contributed by atoms with E-state index in [-0.39, 0.29) is 11.3 Å². The first kappa shape index (κ1) is 15.1. The molecule has 8 heteroatoms. The Hall–Kier alpha value is -2.28. The summed E-state index contributed by atoms with van der Waals surface area (Å²) in [4.78, 5) is 37.2. The molecule has 1 aliphatic heterocycles. The van der Waals surface area contributed by atoms with Gasteiger partial charge in [0.05, 0.1) is 12.7 Å². The highest BCUT2D eigenvalue weighted by Crippen LogP contribution is 2.23. The lowest BCUT2D eigenvalue weighted by molar-refractivity contribution is -0.129. The number of imide groups is 1. The van der Waals surface area contributed by atoms with Crippen LogP contribution in [0.25, 0.3) is 0 Å². The first-order chi connectivity index (χ1) is 9.86. The standard InChI is InChI=1S/C13H14ClN3O4/c1-7-12(19)17(13(20)16(7)2)15-11(18)9-6-8(14)4-5-10(9)21-3/h4-7H,1-3H3,(H,15,18). The number of nitrogens with one attached hydrogen (secondary N) is 1. The van der Waals surface area contributed by atoms with E-state index in [0.29, 0.717) is 10.0 Å². The maximum atomic E-state index is 12.2. The van der Waals surface area contributed by atoms with Gasteiger partial charge in [0.2, 0.25) is 0 Å². The van der Waals surface area contributed by atoms with Crippen molar-refractivity contribution in [2.75, 3.05) is 14.2 Å². The fourth-order valence-corrected chi connectivity index (χ4v) is 2.06. The number of halogens is 1. The Kier molecular flexibility index (Phi) is 4.04. The summed E-state index contributed by atoms with van der Waals surface area (Å²) >= 11 is 5.85. The highest BCUT2D eigenvalue weighted by molar-refractivity contribution is 6.31. The van der Waals surface area contributed by atoms with Crippen molar-refractivity contribution >= 4 is 29.4 Å². The van der Waals surface area contributed by atoms with Crippen LogP contribution in [0.15, 0.2) is 18.2 Å². The molecule has 0 bridgehead atoms. The van der Waals surface area contributed by atoms with Gasteiger partial charge in [-0.25, -0.2) is 4.79 Å². The van der Waals surface area contributed by atoms with Gasteiger partial charge >= 0.3 is 6.03 Å². The lowest BCUT2D eigenvalue weighted by Gasteiger charge is -2.16. The molecule has 1 atom stereocenters. The van der Waals surface area contributed by atoms with Crippen molar-refractivity contribution in [2.24, 2.45) is 0 Å². The number of urea groups is 1. The highest BCUT2D eigenvalue weighted by Gasteiger charge is 2.41. The molecule has 1 aromatic carbocycles. The second-order valence-electron chi connectivity index (χ2n) is 4.53. The topological polar surface area (TPSA) is 79.0 Å². The normalized spacial score (nSPS) is 18.2. The molecule has 21 heavy (non-hydrogen) atoms. The second-order valence-corrected chi connectivity index (χ2v) is 4.97. The molecule has 0 aromatic heterocycles. The molecule has 1 unspecified atom stereocenters. The third-order valence-corrected chi connectivity index (χ3v) is 3.51. The number of nitrogens with zero attached hydrogens (tertiary/aromatic N) is 2. The third kappa shape index (κ3) is 2.64. The van der Waals surface area contributed by atoms with Crippen LogP contribution in [0, 0.1) is 0 Å². The minimum atomic E-state index is -0.654. The zero-order valence-corrected chi connectivity index (χ0v) is 12.5. The molecule has 1 aliphatic rings. The maximum Gasteiger partial charge on any atom is 0.346 e. The van der Waals surface area contributed by atoms with Crippen LogP contribution in [0.4, 0.5) is 4.79 Å². The van der Waals surface area contributed by atoms with Gasteiger partial charge in [-0.3, -0.25) is 15.0 Å². The number of hydrogen-bond acceptors (Lipinski definition) is 4. The van der Waals surface area contributed by atoms with Gasteiger partial charge in [0.1, 0.15) is 11.8 Å². The number of carbonyl (C=O) groups excluding carboxylic acids is 3. The molecule has 2 rings (SSSR count). The van der Waals surface area contributed by atoms with Gasteiger partial charge in [0.15, 0.2) is 0 Å². The summed E-state index contributed by atoms with van der Waals surface area (Å²) in [7, 11) is 2.89. The van der Waals surface area contributed by atoms with Gasteiger partial charge in [-0.15, -0.1) is 0 Å². The quantitative estimate of drug-likeness (QED) is 0.853. The lowest BCUT2D eigenvalue weighted by Crippen LogP contribution is -2.46. The number of hydrazine groups is 1. The van der Waals surface area contributed by atoms with E-state index in [1.165, 1.54) is 31.2 Å². The van der Waals surface area contributed by atoms with E-state index < -0.39 is 23.9 Å². The SMILES string of the molecule is COc1ccc(Cl)cc1C(=O)NN1C(=O)C(C)N(C)C1=O. The maximum absolute atomic E-state index is 12.2. The number of rotatable bonds is 3. The van der Waals surface area contributed by atoms with Crippen LogP contribution in [0.5, 0.6) is 5.75 Å². The minimum Gasteiger partial charge on any atom is -0.496 e. The Bertz CT molecular complexity index is 599. The molecule has 0 saturated carbocycles. The van der Waals surface area contributed by atoms with Crippen molar-refractivity contribution in [3.05, 3.63) is 28.8 Å². The fourth-order valence-electron chi connectivity index (χ4n) is 1.89. The predicted octanol–water partition coefficient (Wildman–Crippen LogP) is 1.28. The second kappa shape index (κ2) is 5.61. The van der Waals surface area contributed by atoms with Crippen LogP contribution in [0.3, 0.4) is 0 Å². The number of methoxy groups -OCH3 is 1. The zero-order chi connectivity index (χ0) is 15.7. The Balaban J connectivity index is 2.25. The van der Waals surface area contributed by atoms with E-state index in [9.17, 15) is 14.4 Å². The van der Waals surface area contributed by atoms with Crippen LogP contribution >= 0.6 is 11.6 Å². The highest BCUT2D eigenvalue weighted by atomic mass is 35.5. The Labute approximate surface area is 126 Å². The van der Waals surface area contributed by atoms with Crippen molar-refractivity contribution in [3.63, 3.8) is 0 Å². The fraction of sp³-hybridized carbons (Fsp3) is 0.308. The van der Waals surface area contributed by atoms with Crippen LogP contribution < -0.4 is 10.2 Å². The molecule has 7 nitrogen and oxygen atoms in total. The van der Waals surface area contributed by atoms with Crippen LogP contribution in [0.2, 0.25) is 5.02 Å². The molecule has 1 saturated heterocycles. The van der Waals surface area contributed by atoms with Gasteiger partial charge in [-0.1, -0.05) is 11.6 Å². The van der Waals surface area contributed by atoms with E-state index in [1.54, 1.807) is 13.0 Å². The van der Waals surface area contributed by atoms with Gasteiger partial charge < -0.3 is 9.64 Å². The summed E-state index contributed by atoms with van der Waals surface area (Å²) in [5.74, 6) is -0.868. The van der Waals surface area contributed by atoms with Crippen LogP contribution in [0.1, 0.15) is 17.3 Å². The van der Waals surface area contributed by atoms with Gasteiger partial charge in [-0.2, -0.15) is 5.01 Å². The third-order valence-electron chi connectivity index (χ3n) is 3.27. The van der Waals surface area contributed by atoms with E-state index in [0.717, 1.165) is 0 Å². The van der Waals surface area contributed by atoms with Crippen LogP contribution in [-0.4, -0.2) is 48.0 Å². The molecular formula is C13H14ClN3O4. The van der Waals surface area contributed by atoms with E-state index >= 15 is 0 Å². The number of benzene rings is 1. The minimum absolute atomic E-state index is 0.132. The molecule has 112 valence electrons. The molecule has 1 aromatic rings. The summed E-state index contributed by atoms with van der Waals surface area (Å²) < 4.78 is 5.06. The lowest BCUT2D eigenvalue weighted by atomic mass is 10.2. The number of likely N-dealkylation sites (N-methyl/N-ethyl adjacent to an activating group) is 1. The summed E-state index contributed by atoms with van der Waals surface area (Å²) in [5.41, 5.74) is 2.40. The van der Waals surface area contributed by atoms with E-state index in [4.69, 9.17) is 16.3 Å². The Morgan fingerprint density at radius 2 is 2.05 bits per heavy atom. The largest absolute Gasteiger partial charge is 0.496 e. The summed E-state index contributed by atoms with van der Waals surface area (Å²) in [6.45, 7) is 1.58. The average molecular weight is 312 g/mol. The van der Waals surface area contributed by atoms with Gasteiger partial charge in [0.25, 0.3) is 11.8 Å². The zero-order valence-electron chi connectivity index (χ0n) is 11.7. The van der Waals surface area contributed by atoms with Crippen molar-refractivity contribution in [2.45, 2.75) is 13.0 Å². The molecule has 1 N–H and O–H groups in total. The molecule has 0 radical (unpaired) electrons. The molecule has 0 aliphatic carbocycles. The smallest absolute Gasteiger partial charge is 0.346 e. The summed E-state index contributed by atoms with van der Waals surface area (Å²) in [5, 5.41) is 1.03. The Morgan fingerprint density at radius 3 is 2.57 bits per heavy atom. The molecule has 4 amide bonds. The number of hydrogen-bond donors (Lipinski definition) is 1. The number of ether oxygens (including phenoxy) is 1.